The van der Waals surface area contributed by atoms with E-state index in [1.165, 1.54) is 11.3 Å². The summed E-state index contributed by atoms with van der Waals surface area (Å²) in [6.07, 6.45) is 0. The molecule has 0 bridgehead atoms. The summed E-state index contributed by atoms with van der Waals surface area (Å²) < 4.78 is 17.0. The molecule has 0 spiro atoms. The molecule has 0 radical (unpaired) electrons. The van der Waals surface area contributed by atoms with Gasteiger partial charge in [0.1, 0.15) is 0 Å². The first-order valence-electron chi connectivity index (χ1n) is 8.91. The zero-order valence-corrected chi connectivity index (χ0v) is 17.5. The largest absolute Gasteiger partial charge is 0.490 e. The van der Waals surface area contributed by atoms with Crippen LogP contribution in [0.1, 0.15) is 31.1 Å². The van der Waals surface area contributed by atoms with Crippen molar-refractivity contribution < 1.29 is 19.0 Å². The third-order valence-electron chi connectivity index (χ3n) is 3.55. The van der Waals surface area contributed by atoms with Gasteiger partial charge >= 0.3 is 0 Å². The van der Waals surface area contributed by atoms with Crippen LogP contribution in [0.2, 0.25) is 0 Å². The third kappa shape index (κ3) is 4.60. The Hall–Kier alpha value is -2.65. The van der Waals surface area contributed by atoms with Gasteiger partial charge in [0, 0.05) is 5.56 Å². The summed E-state index contributed by atoms with van der Waals surface area (Å²) in [6.45, 7) is 6.97. The Balaban J connectivity index is 1.86. The molecule has 2 heterocycles. The molecule has 2 aromatic heterocycles. The van der Waals surface area contributed by atoms with Gasteiger partial charge < -0.3 is 14.2 Å². The highest BCUT2D eigenvalue weighted by Crippen LogP contribution is 2.39. The number of rotatable bonds is 9. The van der Waals surface area contributed by atoms with Crippen LogP contribution in [-0.4, -0.2) is 35.9 Å². The molecule has 0 saturated carbocycles. The molecule has 3 rings (SSSR count). The summed E-state index contributed by atoms with van der Waals surface area (Å²) in [4.78, 5) is 13.8. The van der Waals surface area contributed by atoms with Crippen molar-refractivity contribution in [3.63, 3.8) is 0 Å². The Morgan fingerprint density at radius 2 is 1.71 bits per heavy atom. The van der Waals surface area contributed by atoms with Crippen molar-refractivity contribution in [3.05, 3.63) is 35.2 Å². The molecule has 0 saturated heterocycles. The minimum Gasteiger partial charge on any atom is -0.490 e. The van der Waals surface area contributed by atoms with Crippen molar-refractivity contribution >= 4 is 33.7 Å². The second-order valence-electron chi connectivity index (χ2n) is 5.44. The van der Waals surface area contributed by atoms with Gasteiger partial charge in [-0.05, 0) is 44.4 Å². The summed E-state index contributed by atoms with van der Waals surface area (Å²) >= 11 is 2.90. The number of benzene rings is 1. The fraction of sp³-hybridized carbons (Fsp3) is 0.316. The molecule has 0 atom stereocenters. The summed E-state index contributed by atoms with van der Waals surface area (Å²) in [6, 6.07) is 7.21. The summed E-state index contributed by atoms with van der Waals surface area (Å²) in [5.74, 6) is 1.12. The molecule has 0 fully saturated rings. The minimum atomic E-state index is -0.321. The van der Waals surface area contributed by atoms with Crippen LogP contribution in [0.25, 0.3) is 9.88 Å². The molecule has 1 aromatic carbocycles. The second kappa shape index (κ2) is 9.52. The normalized spacial score (nSPS) is 10.5. The average molecular weight is 420 g/mol. The Morgan fingerprint density at radius 1 is 1.04 bits per heavy atom. The van der Waals surface area contributed by atoms with Crippen LogP contribution in [-0.2, 0) is 0 Å². The van der Waals surface area contributed by atoms with Crippen LogP contribution >= 0.6 is 22.7 Å². The van der Waals surface area contributed by atoms with Crippen molar-refractivity contribution in [3.8, 4) is 27.1 Å². The summed E-state index contributed by atoms with van der Waals surface area (Å²) in [5, 5.41) is 14.1. The number of hydrogen-bond acceptors (Lipinski definition) is 8. The van der Waals surface area contributed by atoms with Crippen LogP contribution in [0.5, 0.6) is 17.2 Å². The Bertz CT molecular complexity index is 898. The molecule has 0 aliphatic carbocycles. The molecular formula is C19H21N3O4S2. The van der Waals surface area contributed by atoms with E-state index in [9.17, 15) is 4.79 Å². The molecule has 0 unspecified atom stereocenters. The van der Waals surface area contributed by atoms with E-state index in [0.717, 1.165) is 9.88 Å². The van der Waals surface area contributed by atoms with Crippen LogP contribution in [0.15, 0.2) is 29.6 Å². The quantitative estimate of drug-likeness (QED) is 0.541. The van der Waals surface area contributed by atoms with Gasteiger partial charge in [0.25, 0.3) is 5.91 Å². The molecule has 7 nitrogen and oxygen atoms in total. The maximum Gasteiger partial charge on any atom is 0.257 e. The maximum absolute atomic E-state index is 12.8. The van der Waals surface area contributed by atoms with Crippen molar-refractivity contribution in [2.75, 3.05) is 25.1 Å². The van der Waals surface area contributed by atoms with E-state index in [4.69, 9.17) is 14.2 Å². The first-order valence-corrected chi connectivity index (χ1v) is 10.6. The fourth-order valence-corrected chi connectivity index (χ4v) is 3.99. The van der Waals surface area contributed by atoms with E-state index < -0.39 is 0 Å². The van der Waals surface area contributed by atoms with Gasteiger partial charge in [0.05, 0.1) is 24.7 Å². The SMILES string of the molecule is CCOc1cc(C(=O)Nc2nnc(-c3cccs3)s2)cc(OCC)c1OCC. The lowest BCUT2D eigenvalue weighted by Crippen LogP contribution is -2.13. The number of thiophene rings is 1. The highest BCUT2D eigenvalue weighted by atomic mass is 32.1. The average Bonchev–Trinajstić information content (AvgIpc) is 3.36. The summed E-state index contributed by atoms with van der Waals surface area (Å²) in [5.41, 5.74) is 0.392. The zero-order chi connectivity index (χ0) is 19.9. The second-order valence-corrected chi connectivity index (χ2v) is 7.37. The van der Waals surface area contributed by atoms with Gasteiger partial charge in [-0.1, -0.05) is 17.4 Å². The number of carbonyl (C=O) groups is 1. The number of ether oxygens (including phenoxy) is 3. The number of nitrogens with zero attached hydrogens (tertiary/aromatic N) is 2. The Kier molecular flexibility index (Phi) is 6.83. The van der Waals surface area contributed by atoms with E-state index in [0.29, 0.717) is 47.8 Å². The fourth-order valence-electron chi connectivity index (χ4n) is 2.46. The van der Waals surface area contributed by atoms with Crippen molar-refractivity contribution in [2.24, 2.45) is 0 Å². The van der Waals surface area contributed by atoms with Gasteiger partial charge in [0.2, 0.25) is 10.9 Å². The highest BCUT2D eigenvalue weighted by molar-refractivity contribution is 7.23. The molecule has 9 heteroatoms. The Labute approximate surface area is 171 Å². The smallest absolute Gasteiger partial charge is 0.257 e. The molecule has 3 aromatic rings. The number of hydrogen-bond donors (Lipinski definition) is 1. The van der Waals surface area contributed by atoms with E-state index in [1.54, 1.807) is 23.5 Å². The van der Waals surface area contributed by atoms with Gasteiger partial charge in [-0.2, -0.15) is 0 Å². The van der Waals surface area contributed by atoms with Gasteiger partial charge in [-0.3, -0.25) is 10.1 Å². The molecule has 0 aliphatic rings. The van der Waals surface area contributed by atoms with Crippen molar-refractivity contribution in [1.29, 1.82) is 0 Å². The van der Waals surface area contributed by atoms with E-state index >= 15 is 0 Å². The molecule has 148 valence electrons. The monoisotopic (exact) mass is 419 g/mol. The van der Waals surface area contributed by atoms with Gasteiger partial charge in [0.15, 0.2) is 16.5 Å². The van der Waals surface area contributed by atoms with Crippen LogP contribution in [0, 0.1) is 0 Å². The van der Waals surface area contributed by atoms with E-state index in [2.05, 4.69) is 15.5 Å². The van der Waals surface area contributed by atoms with Crippen molar-refractivity contribution in [2.45, 2.75) is 20.8 Å². The molecule has 28 heavy (non-hydrogen) atoms. The van der Waals surface area contributed by atoms with E-state index in [1.807, 2.05) is 38.3 Å². The molecule has 1 N–H and O–H groups in total. The van der Waals surface area contributed by atoms with Gasteiger partial charge in [-0.15, -0.1) is 21.5 Å². The molecule has 1 amide bonds. The number of aromatic nitrogens is 2. The van der Waals surface area contributed by atoms with Gasteiger partial charge in [-0.25, -0.2) is 0 Å². The standard InChI is InChI=1S/C19H21N3O4S2/c1-4-24-13-10-12(11-14(25-5-2)16(13)26-6-3)17(23)20-19-22-21-18(28-19)15-8-7-9-27-15/h7-11H,4-6H2,1-3H3,(H,20,22,23). The molecular weight excluding hydrogens is 398 g/mol. The highest BCUT2D eigenvalue weighted by Gasteiger charge is 2.19. The lowest BCUT2D eigenvalue weighted by atomic mass is 10.1. The molecule has 0 aliphatic heterocycles. The van der Waals surface area contributed by atoms with Crippen LogP contribution in [0.3, 0.4) is 0 Å². The van der Waals surface area contributed by atoms with Crippen LogP contribution in [0.4, 0.5) is 5.13 Å². The number of amides is 1. The summed E-state index contributed by atoms with van der Waals surface area (Å²) in [7, 11) is 0. The zero-order valence-electron chi connectivity index (χ0n) is 15.9. The lowest BCUT2D eigenvalue weighted by molar-refractivity contribution is 0.102. The first kappa shape index (κ1) is 20.1. The number of carbonyl (C=O) groups excluding carboxylic acids is 1. The lowest BCUT2D eigenvalue weighted by Gasteiger charge is -2.16. The number of nitrogens with one attached hydrogen (secondary N) is 1. The maximum atomic E-state index is 12.8. The minimum absolute atomic E-state index is 0.321. The Morgan fingerprint density at radius 3 is 2.29 bits per heavy atom. The number of anilines is 1. The predicted octanol–water partition coefficient (Wildman–Crippen LogP) is 4.72. The topological polar surface area (TPSA) is 82.6 Å². The predicted molar refractivity (Wildman–Crippen MR) is 111 cm³/mol. The van der Waals surface area contributed by atoms with E-state index in [-0.39, 0.29) is 5.91 Å². The third-order valence-corrected chi connectivity index (χ3v) is 5.43. The first-order chi connectivity index (χ1) is 13.7. The van der Waals surface area contributed by atoms with Crippen molar-refractivity contribution in [1.82, 2.24) is 10.2 Å². The van der Waals surface area contributed by atoms with Crippen LogP contribution < -0.4 is 19.5 Å².